The lowest BCUT2D eigenvalue weighted by molar-refractivity contribution is -1.02. The first kappa shape index (κ1) is 15.5. The lowest BCUT2D eigenvalue weighted by Gasteiger charge is -2.30. The van der Waals surface area contributed by atoms with Crippen molar-refractivity contribution in [1.29, 1.82) is 0 Å². The molecule has 0 aromatic heterocycles. The average Bonchev–Trinajstić information content (AvgIpc) is 2.54. The Morgan fingerprint density at radius 2 is 1.27 bits per heavy atom. The fourth-order valence-corrected chi connectivity index (χ4v) is 3.34. The molecule has 116 valence electrons. The van der Waals surface area contributed by atoms with Gasteiger partial charge in [0.1, 0.15) is 45.1 Å². The summed E-state index contributed by atoms with van der Waals surface area (Å²) in [7, 11) is 0. The van der Waals surface area contributed by atoms with E-state index in [1.165, 1.54) is 10.5 Å². The van der Waals surface area contributed by atoms with Crippen LogP contribution in [-0.2, 0) is 13.1 Å². The zero-order chi connectivity index (χ0) is 15.4. The maximum atomic E-state index is 13.7. The molecule has 3 rings (SSSR count). The minimum Gasteiger partial charge on any atom is -0.322 e. The fourth-order valence-electron chi connectivity index (χ4n) is 3.13. The summed E-state index contributed by atoms with van der Waals surface area (Å²) in [4.78, 5) is 3.03. The molecule has 22 heavy (non-hydrogen) atoms. The van der Waals surface area contributed by atoms with Crippen LogP contribution in [0.25, 0.3) is 0 Å². The van der Waals surface area contributed by atoms with Gasteiger partial charge in [-0.2, -0.15) is 0 Å². The van der Waals surface area contributed by atoms with Gasteiger partial charge in [0.25, 0.3) is 0 Å². The van der Waals surface area contributed by atoms with E-state index in [9.17, 15) is 4.39 Å². The third-order valence-electron chi connectivity index (χ3n) is 4.46. The largest absolute Gasteiger partial charge is 0.322 e. The van der Waals surface area contributed by atoms with Crippen molar-refractivity contribution in [2.75, 3.05) is 26.2 Å². The molecule has 1 fully saturated rings. The van der Waals surface area contributed by atoms with Gasteiger partial charge in [0.15, 0.2) is 0 Å². The second-order valence-electron chi connectivity index (χ2n) is 6.04. The number of piperazine rings is 1. The highest BCUT2D eigenvalue weighted by molar-refractivity contribution is 6.31. The van der Waals surface area contributed by atoms with Crippen molar-refractivity contribution in [3.63, 3.8) is 0 Å². The smallest absolute Gasteiger partial charge is 0.132 e. The van der Waals surface area contributed by atoms with E-state index in [-0.39, 0.29) is 5.82 Å². The van der Waals surface area contributed by atoms with E-state index in [0.29, 0.717) is 0 Å². The average molecular weight is 321 g/mol. The third-order valence-corrected chi connectivity index (χ3v) is 4.83. The fraction of sp³-hybridized carbons (Fsp3) is 0.333. The molecular weight excluding hydrogens is 299 g/mol. The van der Waals surface area contributed by atoms with E-state index in [4.69, 9.17) is 11.6 Å². The lowest BCUT2D eigenvalue weighted by atomic mass is 10.1. The molecule has 0 unspecified atom stereocenters. The molecule has 0 aliphatic carbocycles. The summed E-state index contributed by atoms with van der Waals surface area (Å²) in [5.74, 6) is -0.0826. The minimum atomic E-state index is -0.0826. The van der Waals surface area contributed by atoms with Crippen LogP contribution in [0.15, 0.2) is 48.5 Å². The number of quaternary nitrogens is 2. The van der Waals surface area contributed by atoms with Gasteiger partial charge in [-0.05, 0) is 12.1 Å². The molecule has 2 nitrogen and oxygen atoms in total. The zero-order valence-electron chi connectivity index (χ0n) is 12.6. The summed E-state index contributed by atoms with van der Waals surface area (Å²) < 4.78 is 13.7. The summed E-state index contributed by atoms with van der Waals surface area (Å²) in [5.41, 5.74) is 2.05. The zero-order valence-corrected chi connectivity index (χ0v) is 13.4. The molecule has 1 heterocycles. The molecule has 2 aromatic carbocycles. The summed E-state index contributed by atoms with van der Waals surface area (Å²) in [6, 6.07) is 15.2. The van der Waals surface area contributed by atoms with E-state index in [1.807, 2.05) is 30.3 Å². The van der Waals surface area contributed by atoms with Gasteiger partial charge in [-0.15, -0.1) is 0 Å². The maximum Gasteiger partial charge on any atom is 0.132 e. The SMILES string of the molecule is Fc1ccccc1C[NH+]1CC[NH+](Cc2ccccc2Cl)CC1. The monoisotopic (exact) mass is 320 g/mol. The lowest BCUT2D eigenvalue weighted by Crippen LogP contribution is -3.27. The van der Waals surface area contributed by atoms with Crippen LogP contribution in [0, 0.1) is 5.82 Å². The third kappa shape index (κ3) is 3.86. The first-order chi connectivity index (χ1) is 10.7. The highest BCUT2D eigenvalue weighted by atomic mass is 35.5. The van der Waals surface area contributed by atoms with Gasteiger partial charge in [0.05, 0.1) is 0 Å². The predicted molar refractivity (Wildman–Crippen MR) is 86.7 cm³/mol. The molecule has 4 heteroatoms. The van der Waals surface area contributed by atoms with Crippen molar-refractivity contribution in [1.82, 2.24) is 0 Å². The van der Waals surface area contributed by atoms with Crippen molar-refractivity contribution >= 4 is 11.6 Å². The Kier molecular flexibility index (Phi) is 5.08. The van der Waals surface area contributed by atoms with Crippen LogP contribution < -0.4 is 9.80 Å². The van der Waals surface area contributed by atoms with Crippen LogP contribution in [0.3, 0.4) is 0 Å². The van der Waals surface area contributed by atoms with E-state index in [2.05, 4.69) is 6.07 Å². The first-order valence-electron chi connectivity index (χ1n) is 7.86. The number of hydrogen-bond donors (Lipinski definition) is 2. The normalized spacial score (nSPS) is 21.7. The summed E-state index contributed by atoms with van der Waals surface area (Å²) in [6.07, 6.45) is 0. The van der Waals surface area contributed by atoms with Gasteiger partial charge >= 0.3 is 0 Å². The predicted octanol–water partition coefficient (Wildman–Crippen LogP) is 0.963. The molecule has 1 saturated heterocycles. The van der Waals surface area contributed by atoms with Crippen molar-refractivity contribution < 1.29 is 14.2 Å². The minimum absolute atomic E-state index is 0.0826. The molecule has 1 aliphatic rings. The Bertz CT molecular complexity index is 568. The van der Waals surface area contributed by atoms with Crippen molar-refractivity contribution in [2.24, 2.45) is 0 Å². The number of hydrogen-bond acceptors (Lipinski definition) is 0. The van der Waals surface area contributed by atoms with Gasteiger partial charge < -0.3 is 9.80 Å². The topological polar surface area (TPSA) is 8.88 Å². The van der Waals surface area contributed by atoms with Crippen LogP contribution in [0.4, 0.5) is 4.39 Å². The van der Waals surface area contributed by atoms with Crippen LogP contribution in [0.2, 0.25) is 5.02 Å². The molecule has 0 bridgehead atoms. The standard InChI is InChI=1S/C18H20ClFN2/c19-17-7-3-1-5-15(17)13-21-9-11-22(12-10-21)14-16-6-2-4-8-18(16)20/h1-8H,9-14H2/p+2. The molecule has 0 saturated carbocycles. The van der Waals surface area contributed by atoms with Gasteiger partial charge in [0.2, 0.25) is 0 Å². The molecule has 0 radical (unpaired) electrons. The van der Waals surface area contributed by atoms with Gasteiger partial charge in [-0.1, -0.05) is 48.0 Å². The summed E-state index contributed by atoms with van der Waals surface area (Å²) >= 11 is 6.24. The van der Waals surface area contributed by atoms with E-state index < -0.39 is 0 Å². The van der Waals surface area contributed by atoms with Gasteiger partial charge in [-0.3, -0.25) is 0 Å². The number of rotatable bonds is 4. The molecule has 0 amide bonds. The molecule has 1 aliphatic heterocycles. The van der Waals surface area contributed by atoms with Crippen LogP contribution in [-0.4, -0.2) is 26.2 Å². The van der Waals surface area contributed by atoms with Crippen molar-refractivity contribution in [2.45, 2.75) is 13.1 Å². The molecule has 0 atom stereocenters. The molecule has 2 N–H and O–H groups in total. The highest BCUT2D eigenvalue weighted by Crippen LogP contribution is 2.13. The summed E-state index contributed by atoms with van der Waals surface area (Å²) in [6.45, 7) is 6.13. The van der Waals surface area contributed by atoms with Crippen molar-refractivity contribution in [3.05, 3.63) is 70.5 Å². The van der Waals surface area contributed by atoms with E-state index in [0.717, 1.165) is 49.9 Å². The van der Waals surface area contributed by atoms with Gasteiger partial charge in [-0.25, -0.2) is 4.39 Å². The molecule has 0 spiro atoms. The summed E-state index contributed by atoms with van der Waals surface area (Å²) in [5, 5.41) is 0.858. The molecular formula is C18H22ClFN2+2. The quantitative estimate of drug-likeness (QED) is 0.830. The Morgan fingerprint density at radius 3 is 1.86 bits per heavy atom. The number of halogens is 2. The van der Waals surface area contributed by atoms with Crippen LogP contribution in [0.5, 0.6) is 0 Å². The maximum absolute atomic E-state index is 13.7. The van der Waals surface area contributed by atoms with Crippen LogP contribution >= 0.6 is 11.6 Å². The Morgan fingerprint density at radius 1 is 0.773 bits per heavy atom. The van der Waals surface area contributed by atoms with E-state index in [1.54, 1.807) is 17.0 Å². The first-order valence-corrected chi connectivity index (χ1v) is 8.24. The Hall–Kier alpha value is -1.42. The van der Waals surface area contributed by atoms with E-state index >= 15 is 0 Å². The highest BCUT2D eigenvalue weighted by Gasteiger charge is 2.24. The van der Waals surface area contributed by atoms with Gasteiger partial charge in [0, 0.05) is 16.1 Å². The second kappa shape index (κ2) is 7.23. The number of nitrogens with one attached hydrogen (secondary N) is 2. The number of benzene rings is 2. The van der Waals surface area contributed by atoms with Crippen molar-refractivity contribution in [3.8, 4) is 0 Å². The molecule has 2 aromatic rings. The second-order valence-corrected chi connectivity index (χ2v) is 6.44. The Labute approximate surface area is 136 Å². The van der Waals surface area contributed by atoms with Crippen LogP contribution in [0.1, 0.15) is 11.1 Å². The Balaban J connectivity index is 1.52.